The third kappa shape index (κ3) is 4.01. The maximum atomic E-state index is 11.2. The quantitative estimate of drug-likeness (QED) is 0.861. The smallest absolute Gasteiger partial charge is 0.240 e. The third-order valence-corrected chi connectivity index (χ3v) is 4.50. The van der Waals surface area contributed by atoms with E-state index in [-0.39, 0.29) is 5.91 Å². The van der Waals surface area contributed by atoms with Gasteiger partial charge in [0.2, 0.25) is 5.91 Å². The predicted octanol–water partition coefficient (Wildman–Crippen LogP) is 1.63. The minimum absolute atomic E-state index is 0.0144. The van der Waals surface area contributed by atoms with Gasteiger partial charge in [0.15, 0.2) is 0 Å². The Hall–Kier alpha value is -2.18. The zero-order chi connectivity index (χ0) is 16.9. The standard InChI is InChI=1S/C18H23N3O3/c1-24-15-4-2-14(3-5-15)17(22)12-21-10-8-13(9-11-21)16-6-7-18(23)20-19-16/h2-5,8,17,22H,6-7,9-12H2,1H3,(H,20,23). The van der Waals surface area contributed by atoms with Crippen molar-refractivity contribution in [2.45, 2.75) is 25.4 Å². The molecule has 1 amide bonds. The van der Waals surface area contributed by atoms with Gasteiger partial charge in [0.05, 0.1) is 18.9 Å². The van der Waals surface area contributed by atoms with Gasteiger partial charge in [-0.15, -0.1) is 0 Å². The van der Waals surface area contributed by atoms with Crippen molar-refractivity contribution >= 4 is 11.6 Å². The van der Waals surface area contributed by atoms with E-state index in [9.17, 15) is 9.90 Å². The number of ether oxygens (including phenoxy) is 1. The van der Waals surface area contributed by atoms with Crippen LogP contribution in [0.25, 0.3) is 0 Å². The van der Waals surface area contributed by atoms with Crippen molar-refractivity contribution in [1.29, 1.82) is 0 Å². The summed E-state index contributed by atoms with van der Waals surface area (Å²) in [6.45, 7) is 2.26. The van der Waals surface area contributed by atoms with Crippen molar-refractivity contribution in [1.82, 2.24) is 10.3 Å². The fourth-order valence-electron chi connectivity index (χ4n) is 3.02. The van der Waals surface area contributed by atoms with Gasteiger partial charge < -0.3 is 9.84 Å². The molecule has 1 aromatic carbocycles. The Balaban J connectivity index is 1.55. The van der Waals surface area contributed by atoms with Gasteiger partial charge in [-0.3, -0.25) is 9.69 Å². The Kier molecular flexibility index (Phi) is 5.27. The fourth-order valence-corrected chi connectivity index (χ4v) is 3.02. The minimum atomic E-state index is -0.517. The Bertz CT molecular complexity index is 652. The second-order valence-electron chi connectivity index (χ2n) is 6.12. The van der Waals surface area contributed by atoms with Crippen LogP contribution in [0.4, 0.5) is 0 Å². The number of rotatable bonds is 5. The SMILES string of the molecule is COc1ccc(C(O)CN2CC=C(C3=NNC(=O)CC3)CC2)cc1. The van der Waals surface area contributed by atoms with E-state index in [1.54, 1.807) is 7.11 Å². The molecule has 0 fully saturated rings. The first-order valence-electron chi connectivity index (χ1n) is 8.25. The number of hydrazone groups is 1. The molecule has 128 valence electrons. The first kappa shape index (κ1) is 16.7. The number of hydrogen-bond donors (Lipinski definition) is 2. The van der Waals surface area contributed by atoms with Crippen LogP contribution in [0.15, 0.2) is 41.0 Å². The van der Waals surface area contributed by atoms with E-state index in [4.69, 9.17) is 4.74 Å². The molecule has 1 unspecified atom stereocenters. The number of hydrogen-bond acceptors (Lipinski definition) is 5. The Morgan fingerprint density at radius 1 is 1.29 bits per heavy atom. The van der Waals surface area contributed by atoms with Gasteiger partial charge in [0.1, 0.15) is 5.75 Å². The molecule has 0 radical (unpaired) electrons. The van der Waals surface area contributed by atoms with Gasteiger partial charge in [-0.1, -0.05) is 18.2 Å². The molecule has 0 aliphatic carbocycles. The molecule has 6 heteroatoms. The van der Waals surface area contributed by atoms with Crippen molar-refractivity contribution in [2.75, 3.05) is 26.7 Å². The molecule has 0 bridgehead atoms. The molecule has 6 nitrogen and oxygen atoms in total. The Morgan fingerprint density at radius 2 is 2.08 bits per heavy atom. The number of amides is 1. The van der Waals surface area contributed by atoms with Crippen molar-refractivity contribution in [3.63, 3.8) is 0 Å². The Labute approximate surface area is 141 Å². The average Bonchev–Trinajstić information content (AvgIpc) is 2.63. The number of aliphatic hydroxyl groups is 1. The number of β-amino-alcohol motifs (C(OH)–C–C–N with tert-alkyl or cyclic N) is 1. The van der Waals surface area contributed by atoms with Gasteiger partial charge in [0, 0.05) is 32.5 Å². The number of methoxy groups -OCH3 is 1. The molecular formula is C18H23N3O3. The molecule has 2 aliphatic rings. The first-order valence-corrected chi connectivity index (χ1v) is 8.25. The number of aliphatic hydroxyl groups excluding tert-OH is 1. The molecule has 0 spiro atoms. The van der Waals surface area contributed by atoms with Gasteiger partial charge in [-0.2, -0.15) is 5.10 Å². The summed E-state index contributed by atoms with van der Waals surface area (Å²) < 4.78 is 5.14. The number of benzene rings is 1. The molecule has 0 saturated heterocycles. The molecule has 0 saturated carbocycles. The summed E-state index contributed by atoms with van der Waals surface area (Å²) >= 11 is 0. The summed E-state index contributed by atoms with van der Waals surface area (Å²) in [5.74, 6) is 0.774. The van der Waals surface area contributed by atoms with Crippen LogP contribution in [-0.2, 0) is 4.79 Å². The lowest BCUT2D eigenvalue weighted by molar-refractivity contribution is -0.121. The van der Waals surface area contributed by atoms with Crippen molar-refractivity contribution < 1.29 is 14.6 Å². The highest BCUT2D eigenvalue weighted by atomic mass is 16.5. The second kappa shape index (κ2) is 7.59. The molecular weight excluding hydrogens is 306 g/mol. The Morgan fingerprint density at radius 3 is 2.67 bits per heavy atom. The zero-order valence-electron chi connectivity index (χ0n) is 13.9. The topological polar surface area (TPSA) is 74.2 Å². The van der Waals surface area contributed by atoms with Crippen LogP contribution in [0, 0.1) is 0 Å². The highest BCUT2D eigenvalue weighted by molar-refractivity contribution is 6.03. The van der Waals surface area contributed by atoms with Crippen LogP contribution in [0.3, 0.4) is 0 Å². The lowest BCUT2D eigenvalue weighted by Crippen LogP contribution is -2.35. The zero-order valence-corrected chi connectivity index (χ0v) is 13.9. The molecule has 1 aromatic rings. The fraction of sp³-hybridized carbons (Fsp3) is 0.444. The average molecular weight is 329 g/mol. The van der Waals surface area contributed by atoms with Crippen LogP contribution in [0.5, 0.6) is 5.75 Å². The van der Waals surface area contributed by atoms with Crippen LogP contribution in [-0.4, -0.2) is 48.4 Å². The summed E-state index contributed by atoms with van der Waals surface area (Å²) in [5.41, 5.74) is 5.65. The highest BCUT2D eigenvalue weighted by Crippen LogP contribution is 2.21. The van der Waals surface area contributed by atoms with E-state index >= 15 is 0 Å². The molecule has 2 N–H and O–H groups in total. The first-order chi connectivity index (χ1) is 11.7. The van der Waals surface area contributed by atoms with Crippen molar-refractivity contribution in [3.05, 3.63) is 41.5 Å². The molecule has 3 rings (SSSR count). The van der Waals surface area contributed by atoms with Gasteiger partial charge in [0.25, 0.3) is 0 Å². The number of nitrogens with zero attached hydrogens (tertiary/aromatic N) is 2. The number of carbonyl (C=O) groups is 1. The van der Waals surface area contributed by atoms with E-state index in [0.29, 0.717) is 19.4 Å². The van der Waals surface area contributed by atoms with Gasteiger partial charge >= 0.3 is 0 Å². The molecule has 0 aromatic heterocycles. The predicted molar refractivity (Wildman–Crippen MR) is 91.9 cm³/mol. The second-order valence-corrected chi connectivity index (χ2v) is 6.12. The molecule has 2 heterocycles. The minimum Gasteiger partial charge on any atom is -0.497 e. The van der Waals surface area contributed by atoms with Gasteiger partial charge in [-0.05, 0) is 29.7 Å². The molecule has 1 atom stereocenters. The van der Waals surface area contributed by atoms with E-state index < -0.39 is 6.10 Å². The lowest BCUT2D eigenvalue weighted by Gasteiger charge is -2.29. The summed E-state index contributed by atoms with van der Waals surface area (Å²) in [5, 5.41) is 14.6. The van der Waals surface area contributed by atoms with E-state index in [0.717, 1.165) is 36.5 Å². The van der Waals surface area contributed by atoms with E-state index in [1.165, 1.54) is 5.57 Å². The molecule has 24 heavy (non-hydrogen) atoms. The highest BCUT2D eigenvalue weighted by Gasteiger charge is 2.21. The van der Waals surface area contributed by atoms with E-state index in [1.807, 2.05) is 24.3 Å². The van der Waals surface area contributed by atoms with E-state index in [2.05, 4.69) is 21.5 Å². The van der Waals surface area contributed by atoms with Crippen LogP contribution in [0.1, 0.15) is 30.9 Å². The normalized spacial score (nSPS) is 20.0. The van der Waals surface area contributed by atoms with Crippen molar-refractivity contribution in [2.24, 2.45) is 5.10 Å². The van der Waals surface area contributed by atoms with Crippen molar-refractivity contribution in [3.8, 4) is 5.75 Å². The lowest BCUT2D eigenvalue weighted by atomic mass is 9.98. The maximum absolute atomic E-state index is 11.2. The maximum Gasteiger partial charge on any atom is 0.240 e. The van der Waals surface area contributed by atoms with Crippen LogP contribution in [0.2, 0.25) is 0 Å². The summed E-state index contributed by atoms with van der Waals surface area (Å²) in [6.07, 6.45) is 3.75. The summed E-state index contributed by atoms with van der Waals surface area (Å²) in [7, 11) is 1.63. The summed E-state index contributed by atoms with van der Waals surface area (Å²) in [6, 6.07) is 7.52. The molecule has 2 aliphatic heterocycles. The van der Waals surface area contributed by atoms with Crippen LogP contribution < -0.4 is 10.2 Å². The monoisotopic (exact) mass is 329 g/mol. The number of carbonyl (C=O) groups excluding carboxylic acids is 1. The van der Waals surface area contributed by atoms with Gasteiger partial charge in [-0.25, -0.2) is 5.43 Å². The summed E-state index contributed by atoms with van der Waals surface area (Å²) in [4.78, 5) is 13.4. The van der Waals surface area contributed by atoms with Crippen LogP contribution >= 0.6 is 0 Å². The largest absolute Gasteiger partial charge is 0.497 e. The number of nitrogens with one attached hydrogen (secondary N) is 1. The third-order valence-electron chi connectivity index (χ3n) is 4.50.